The summed E-state index contributed by atoms with van der Waals surface area (Å²) in [4.78, 5) is 0. The van der Waals surface area contributed by atoms with Gasteiger partial charge in [-0.15, -0.1) is 0 Å². The molecule has 0 aliphatic heterocycles. The summed E-state index contributed by atoms with van der Waals surface area (Å²) in [7, 11) is 0. The van der Waals surface area contributed by atoms with Crippen LogP contribution in [0.1, 0.15) is 18.4 Å². The molecule has 0 amide bonds. The van der Waals surface area contributed by atoms with Crippen LogP contribution in [0.3, 0.4) is 0 Å². The second kappa shape index (κ2) is 5.09. The van der Waals surface area contributed by atoms with Gasteiger partial charge in [0.05, 0.1) is 0 Å². The van der Waals surface area contributed by atoms with E-state index < -0.39 is 0 Å². The molecule has 1 aromatic carbocycles. The first-order chi connectivity index (χ1) is 7.28. The Labute approximate surface area is 101 Å². The topological polar surface area (TPSA) is 0 Å². The van der Waals surface area contributed by atoms with Crippen LogP contribution in [0.5, 0.6) is 0 Å². The normalized spacial score (nSPS) is 25.5. The van der Waals surface area contributed by atoms with E-state index in [4.69, 9.17) is 11.6 Å². The molecule has 1 fully saturated rings. The Morgan fingerprint density at radius 3 is 2.53 bits per heavy atom. The molecular formula is C13H15ClS. The summed E-state index contributed by atoms with van der Waals surface area (Å²) in [6.07, 6.45) is 9.41. The first-order valence-corrected chi connectivity index (χ1v) is 6.91. The van der Waals surface area contributed by atoms with Crippen molar-refractivity contribution in [1.29, 1.82) is 0 Å². The number of hydrogen-bond acceptors (Lipinski definition) is 1. The predicted molar refractivity (Wildman–Crippen MR) is 70.5 cm³/mol. The Balaban J connectivity index is 1.87. The highest BCUT2D eigenvalue weighted by atomic mass is 35.5. The Morgan fingerprint density at radius 2 is 1.93 bits per heavy atom. The molecule has 2 heteroatoms. The summed E-state index contributed by atoms with van der Waals surface area (Å²) in [6, 6.07) is 7.99. The molecule has 0 saturated heterocycles. The maximum Gasteiger partial charge on any atom is 0.0406 e. The molecule has 0 radical (unpaired) electrons. The molecule has 1 aliphatic carbocycles. The molecule has 0 N–H and O–H groups in total. The lowest BCUT2D eigenvalue weighted by atomic mass is 9.84. The van der Waals surface area contributed by atoms with Crippen LogP contribution in [-0.2, 0) is 0 Å². The van der Waals surface area contributed by atoms with Crippen molar-refractivity contribution in [2.45, 2.75) is 18.1 Å². The average molecular weight is 239 g/mol. The Kier molecular flexibility index (Phi) is 3.76. The standard InChI is InChI=1S/C13H15ClS/c1-15-13-8-11(9-13)3-2-10-4-6-12(14)7-5-10/h2-7,11,13H,8-9H2,1H3/b3-2+. The van der Waals surface area contributed by atoms with E-state index in [9.17, 15) is 0 Å². The molecule has 0 aromatic heterocycles. The van der Waals surface area contributed by atoms with E-state index in [2.05, 4.69) is 30.5 Å². The van der Waals surface area contributed by atoms with Crippen molar-refractivity contribution in [1.82, 2.24) is 0 Å². The van der Waals surface area contributed by atoms with Crippen LogP contribution in [0.25, 0.3) is 6.08 Å². The maximum absolute atomic E-state index is 5.82. The molecule has 15 heavy (non-hydrogen) atoms. The fourth-order valence-corrected chi connectivity index (χ4v) is 2.78. The minimum atomic E-state index is 0.790. The van der Waals surface area contributed by atoms with Gasteiger partial charge in [-0.3, -0.25) is 0 Å². The van der Waals surface area contributed by atoms with Gasteiger partial charge >= 0.3 is 0 Å². The SMILES string of the molecule is CSC1CC(/C=C/c2ccc(Cl)cc2)C1. The maximum atomic E-state index is 5.82. The lowest BCUT2D eigenvalue weighted by molar-refractivity contribution is 0.405. The van der Waals surface area contributed by atoms with Gasteiger partial charge in [0.1, 0.15) is 0 Å². The third kappa shape index (κ3) is 3.02. The average Bonchev–Trinajstić information content (AvgIpc) is 2.19. The molecule has 0 bridgehead atoms. The predicted octanol–water partition coefficient (Wildman–Crippen LogP) is 4.49. The first kappa shape index (κ1) is 11.1. The number of benzene rings is 1. The molecule has 1 saturated carbocycles. The minimum Gasteiger partial charge on any atom is -0.162 e. The second-order valence-electron chi connectivity index (χ2n) is 4.00. The van der Waals surface area contributed by atoms with Gasteiger partial charge in [-0.05, 0) is 42.7 Å². The lowest BCUT2D eigenvalue weighted by Gasteiger charge is -2.31. The van der Waals surface area contributed by atoms with E-state index in [0.29, 0.717) is 0 Å². The second-order valence-corrected chi connectivity index (χ2v) is 5.57. The van der Waals surface area contributed by atoms with Crippen molar-refractivity contribution >= 4 is 29.4 Å². The summed E-state index contributed by atoms with van der Waals surface area (Å²) in [6.45, 7) is 0. The van der Waals surface area contributed by atoms with Crippen LogP contribution >= 0.6 is 23.4 Å². The van der Waals surface area contributed by atoms with E-state index in [-0.39, 0.29) is 0 Å². The van der Waals surface area contributed by atoms with Gasteiger partial charge in [0.2, 0.25) is 0 Å². The van der Waals surface area contributed by atoms with Gasteiger partial charge in [0.25, 0.3) is 0 Å². The summed E-state index contributed by atoms with van der Waals surface area (Å²) in [5.74, 6) is 0.790. The minimum absolute atomic E-state index is 0.790. The highest BCUT2D eigenvalue weighted by Gasteiger charge is 2.25. The molecule has 2 rings (SSSR count). The van der Waals surface area contributed by atoms with Crippen LogP contribution in [0.4, 0.5) is 0 Å². The number of allylic oxidation sites excluding steroid dienone is 1. The lowest BCUT2D eigenvalue weighted by Crippen LogP contribution is -2.23. The monoisotopic (exact) mass is 238 g/mol. The van der Waals surface area contributed by atoms with E-state index in [1.165, 1.54) is 18.4 Å². The van der Waals surface area contributed by atoms with Crippen LogP contribution in [0.15, 0.2) is 30.3 Å². The summed E-state index contributed by atoms with van der Waals surface area (Å²) in [5.41, 5.74) is 1.24. The van der Waals surface area contributed by atoms with Crippen molar-refractivity contribution in [3.8, 4) is 0 Å². The third-order valence-corrected chi connectivity index (χ3v) is 4.20. The fourth-order valence-electron chi connectivity index (χ4n) is 1.78. The van der Waals surface area contributed by atoms with Gasteiger partial charge in [-0.1, -0.05) is 35.9 Å². The van der Waals surface area contributed by atoms with Crippen molar-refractivity contribution in [2.24, 2.45) is 5.92 Å². The van der Waals surface area contributed by atoms with Gasteiger partial charge in [0.15, 0.2) is 0 Å². The molecule has 0 nitrogen and oxygen atoms in total. The molecule has 0 atom stereocenters. The Morgan fingerprint density at radius 1 is 1.27 bits per heavy atom. The van der Waals surface area contributed by atoms with E-state index >= 15 is 0 Å². The number of halogens is 1. The Bertz CT molecular complexity index is 336. The summed E-state index contributed by atoms with van der Waals surface area (Å²) in [5, 5.41) is 1.70. The third-order valence-electron chi connectivity index (χ3n) is 2.90. The molecular weight excluding hydrogens is 224 g/mol. The van der Waals surface area contributed by atoms with E-state index in [1.807, 2.05) is 23.9 Å². The highest BCUT2D eigenvalue weighted by Crippen LogP contribution is 2.36. The quantitative estimate of drug-likeness (QED) is 0.748. The largest absolute Gasteiger partial charge is 0.162 e. The van der Waals surface area contributed by atoms with Gasteiger partial charge < -0.3 is 0 Å². The van der Waals surface area contributed by atoms with Crippen LogP contribution in [0.2, 0.25) is 5.02 Å². The zero-order chi connectivity index (χ0) is 10.7. The van der Waals surface area contributed by atoms with E-state index in [0.717, 1.165) is 16.2 Å². The molecule has 80 valence electrons. The van der Waals surface area contributed by atoms with E-state index in [1.54, 1.807) is 0 Å². The Hall–Kier alpha value is -0.400. The van der Waals surface area contributed by atoms with Crippen LogP contribution < -0.4 is 0 Å². The summed E-state index contributed by atoms with van der Waals surface area (Å²) >= 11 is 7.81. The van der Waals surface area contributed by atoms with Gasteiger partial charge in [-0.2, -0.15) is 11.8 Å². The summed E-state index contributed by atoms with van der Waals surface area (Å²) < 4.78 is 0. The van der Waals surface area contributed by atoms with Crippen molar-refractivity contribution < 1.29 is 0 Å². The molecule has 0 spiro atoms. The van der Waals surface area contributed by atoms with Gasteiger partial charge in [-0.25, -0.2) is 0 Å². The van der Waals surface area contributed by atoms with Crippen molar-refractivity contribution in [2.75, 3.05) is 6.26 Å². The zero-order valence-electron chi connectivity index (χ0n) is 8.82. The van der Waals surface area contributed by atoms with Crippen LogP contribution in [0, 0.1) is 5.92 Å². The van der Waals surface area contributed by atoms with Gasteiger partial charge in [0, 0.05) is 10.3 Å². The number of hydrogen-bond donors (Lipinski definition) is 0. The van der Waals surface area contributed by atoms with Crippen LogP contribution in [-0.4, -0.2) is 11.5 Å². The fraction of sp³-hybridized carbons (Fsp3) is 0.385. The number of rotatable bonds is 3. The smallest absolute Gasteiger partial charge is 0.0406 e. The molecule has 0 unspecified atom stereocenters. The molecule has 1 aliphatic rings. The number of thioether (sulfide) groups is 1. The zero-order valence-corrected chi connectivity index (χ0v) is 10.4. The molecule has 1 aromatic rings. The van der Waals surface area contributed by atoms with Crippen molar-refractivity contribution in [3.63, 3.8) is 0 Å². The molecule has 0 heterocycles. The highest BCUT2D eigenvalue weighted by molar-refractivity contribution is 7.99. The first-order valence-electron chi connectivity index (χ1n) is 5.24. The van der Waals surface area contributed by atoms with Crippen molar-refractivity contribution in [3.05, 3.63) is 40.9 Å².